The third-order valence-electron chi connectivity index (χ3n) is 1.86. The van der Waals surface area contributed by atoms with Gasteiger partial charge in [0.25, 0.3) is 0 Å². The molecule has 1 unspecified atom stereocenters. The van der Waals surface area contributed by atoms with E-state index in [1.165, 1.54) is 5.57 Å². The zero-order chi connectivity index (χ0) is 7.72. The van der Waals surface area contributed by atoms with Crippen molar-refractivity contribution >= 4 is 0 Å². The van der Waals surface area contributed by atoms with E-state index in [9.17, 15) is 0 Å². The second kappa shape index (κ2) is 2.33. The molecule has 54 valence electrons. The van der Waals surface area contributed by atoms with Crippen molar-refractivity contribution in [1.29, 1.82) is 0 Å². The van der Waals surface area contributed by atoms with Gasteiger partial charge >= 0.3 is 0 Å². The SMILES string of the molecule is C=C1C=C(C)C(C)NC1=C. The molecule has 1 aliphatic rings. The molecule has 0 fully saturated rings. The van der Waals surface area contributed by atoms with Crippen LogP contribution < -0.4 is 5.32 Å². The molecule has 1 N–H and O–H groups in total. The standard InChI is InChI=1S/C9H13N/c1-6-5-7(2)9(4)10-8(6)3/h5,9-10H,1,3H2,2,4H3. The molecule has 0 radical (unpaired) electrons. The summed E-state index contributed by atoms with van der Waals surface area (Å²) in [5.41, 5.74) is 3.26. The molecule has 0 spiro atoms. The van der Waals surface area contributed by atoms with Crippen LogP contribution in [-0.4, -0.2) is 6.04 Å². The van der Waals surface area contributed by atoms with Gasteiger partial charge in [-0.25, -0.2) is 0 Å². The van der Waals surface area contributed by atoms with Crippen molar-refractivity contribution in [2.24, 2.45) is 0 Å². The van der Waals surface area contributed by atoms with Crippen LogP contribution in [0.3, 0.4) is 0 Å². The van der Waals surface area contributed by atoms with Crippen molar-refractivity contribution in [2.75, 3.05) is 0 Å². The van der Waals surface area contributed by atoms with Crippen molar-refractivity contribution in [3.8, 4) is 0 Å². The maximum Gasteiger partial charge on any atom is 0.0446 e. The molecule has 0 aromatic heterocycles. The Kier molecular flexibility index (Phi) is 1.66. The minimum Gasteiger partial charge on any atom is -0.379 e. The first kappa shape index (κ1) is 7.13. The molecule has 1 heteroatoms. The van der Waals surface area contributed by atoms with Gasteiger partial charge in [0.15, 0.2) is 0 Å². The smallest absolute Gasteiger partial charge is 0.0446 e. The van der Waals surface area contributed by atoms with Gasteiger partial charge in [-0.15, -0.1) is 0 Å². The molecular formula is C9H13N. The average Bonchev–Trinajstić information content (AvgIpc) is 1.84. The van der Waals surface area contributed by atoms with Crippen LogP contribution in [0, 0.1) is 0 Å². The Balaban J connectivity index is 2.89. The van der Waals surface area contributed by atoms with Crippen molar-refractivity contribution in [2.45, 2.75) is 19.9 Å². The molecule has 1 nitrogen and oxygen atoms in total. The summed E-state index contributed by atoms with van der Waals surface area (Å²) in [5, 5.41) is 3.22. The first-order valence-electron chi connectivity index (χ1n) is 3.44. The maximum absolute atomic E-state index is 3.84. The molecule has 1 aliphatic heterocycles. The lowest BCUT2D eigenvalue weighted by Crippen LogP contribution is -2.29. The van der Waals surface area contributed by atoms with E-state index in [0.717, 1.165) is 11.3 Å². The van der Waals surface area contributed by atoms with Crippen LogP contribution in [0.25, 0.3) is 0 Å². The van der Waals surface area contributed by atoms with Gasteiger partial charge < -0.3 is 5.32 Å². The summed E-state index contributed by atoms with van der Waals surface area (Å²) in [6.07, 6.45) is 2.07. The second-order valence-electron chi connectivity index (χ2n) is 2.76. The number of rotatable bonds is 0. The lowest BCUT2D eigenvalue weighted by atomic mass is 10.0. The molecule has 0 aliphatic carbocycles. The third kappa shape index (κ3) is 1.13. The molecule has 0 bridgehead atoms. The monoisotopic (exact) mass is 135 g/mol. The molecule has 1 heterocycles. The highest BCUT2D eigenvalue weighted by Gasteiger charge is 2.11. The normalized spacial score (nSPS) is 25.8. The van der Waals surface area contributed by atoms with Crippen LogP contribution >= 0.6 is 0 Å². The fraction of sp³-hybridized carbons (Fsp3) is 0.333. The Hall–Kier alpha value is -0.980. The van der Waals surface area contributed by atoms with Gasteiger partial charge in [0.05, 0.1) is 0 Å². The van der Waals surface area contributed by atoms with Gasteiger partial charge in [-0.05, 0) is 19.4 Å². The predicted molar refractivity (Wildman–Crippen MR) is 44.6 cm³/mol. The number of hydrogen-bond acceptors (Lipinski definition) is 1. The Morgan fingerprint density at radius 2 is 2.10 bits per heavy atom. The Bertz CT molecular complexity index is 211. The van der Waals surface area contributed by atoms with E-state index >= 15 is 0 Å². The number of allylic oxidation sites excluding steroid dienone is 1. The van der Waals surface area contributed by atoms with Gasteiger partial charge in [0.2, 0.25) is 0 Å². The summed E-state index contributed by atoms with van der Waals surface area (Å²) in [6, 6.07) is 0.415. The summed E-state index contributed by atoms with van der Waals surface area (Å²) >= 11 is 0. The van der Waals surface area contributed by atoms with Crippen LogP contribution in [-0.2, 0) is 0 Å². The topological polar surface area (TPSA) is 12.0 Å². The third-order valence-corrected chi connectivity index (χ3v) is 1.86. The largest absolute Gasteiger partial charge is 0.379 e. The van der Waals surface area contributed by atoms with E-state index in [-0.39, 0.29) is 0 Å². The lowest BCUT2D eigenvalue weighted by Gasteiger charge is -2.23. The molecule has 1 atom stereocenters. The lowest BCUT2D eigenvalue weighted by molar-refractivity contribution is 0.686. The Morgan fingerprint density at radius 1 is 1.50 bits per heavy atom. The van der Waals surface area contributed by atoms with E-state index in [0.29, 0.717) is 6.04 Å². The predicted octanol–water partition coefficient (Wildman–Crippen LogP) is 1.99. The van der Waals surface area contributed by atoms with Crippen molar-refractivity contribution in [3.63, 3.8) is 0 Å². The zero-order valence-electron chi connectivity index (χ0n) is 6.57. The van der Waals surface area contributed by atoms with Crippen LogP contribution in [0.5, 0.6) is 0 Å². The minimum atomic E-state index is 0.415. The van der Waals surface area contributed by atoms with Gasteiger partial charge in [-0.1, -0.05) is 24.8 Å². The van der Waals surface area contributed by atoms with E-state index in [1.807, 2.05) is 0 Å². The van der Waals surface area contributed by atoms with Gasteiger partial charge in [-0.2, -0.15) is 0 Å². The van der Waals surface area contributed by atoms with Gasteiger partial charge in [0, 0.05) is 11.7 Å². The molecule has 0 aromatic rings. The van der Waals surface area contributed by atoms with Crippen LogP contribution in [0.1, 0.15) is 13.8 Å². The summed E-state index contributed by atoms with van der Waals surface area (Å²) in [5.74, 6) is 0. The first-order valence-corrected chi connectivity index (χ1v) is 3.44. The molecule has 1 rings (SSSR count). The highest BCUT2D eigenvalue weighted by molar-refractivity contribution is 5.41. The van der Waals surface area contributed by atoms with E-state index in [2.05, 4.69) is 38.4 Å². The van der Waals surface area contributed by atoms with Crippen LogP contribution in [0.2, 0.25) is 0 Å². The molecule has 0 saturated heterocycles. The van der Waals surface area contributed by atoms with Crippen LogP contribution in [0.15, 0.2) is 36.1 Å². The minimum absolute atomic E-state index is 0.415. The van der Waals surface area contributed by atoms with Gasteiger partial charge in [-0.3, -0.25) is 0 Å². The summed E-state index contributed by atoms with van der Waals surface area (Å²) in [4.78, 5) is 0. The maximum atomic E-state index is 3.84. The van der Waals surface area contributed by atoms with Crippen molar-refractivity contribution < 1.29 is 0 Å². The summed E-state index contributed by atoms with van der Waals surface area (Å²) in [7, 11) is 0. The number of hydrogen-bond donors (Lipinski definition) is 1. The fourth-order valence-corrected chi connectivity index (χ4v) is 0.955. The van der Waals surface area contributed by atoms with E-state index in [1.54, 1.807) is 0 Å². The molecule has 0 saturated carbocycles. The highest BCUT2D eigenvalue weighted by Crippen LogP contribution is 2.16. The summed E-state index contributed by atoms with van der Waals surface area (Å²) < 4.78 is 0. The quantitative estimate of drug-likeness (QED) is 0.535. The van der Waals surface area contributed by atoms with Crippen molar-refractivity contribution in [1.82, 2.24) is 5.32 Å². The first-order chi connectivity index (χ1) is 4.61. The van der Waals surface area contributed by atoms with Crippen molar-refractivity contribution in [3.05, 3.63) is 36.1 Å². The molecule has 0 aromatic carbocycles. The van der Waals surface area contributed by atoms with Gasteiger partial charge in [0.1, 0.15) is 0 Å². The summed E-state index contributed by atoms with van der Waals surface area (Å²) in [6.45, 7) is 11.9. The van der Waals surface area contributed by atoms with E-state index < -0.39 is 0 Å². The zero-order valence-corrected chi connectivity index (χ0v) is 6.57. The van der Waals surface area contributed by atoms with E-state index in [4.69, 9.17) is 0 Å². The Labute approximate surface area is 62.1 Å². The second-order valence-corrected chi connectivity index (χ2v) is 2.76. The average molecular weight is 135 g/mol. The highest BCUT2D eigenvalue weighted by atomic mass is 14.9. The molecule has 10 heavy (non-hydrogen) atoms. The van der Waals surface area contributed by atoms with Crippen LogP contribution in [0.4, 0.5) is 0 Å². The number of nitrogens with one attached hydrogen (secondary N) is 1. The molecule has 0 amide bonds. The fourth-order valence-electron chi connectivity index (χ4n) is 0.955. The Morgan fingerprint density at radius 3 is 2.60 bits per heavy atom. The molecular weight excluding hydrogens is 122 g/mol.